The van der Waals surface area contributed by atoms with Crippen LogP contribution in [0.5, 0.6) is 0 Å². The highest BCUT2D eigenvalue weighted by atomic mass is 16.3. The summed E-state index contributed by atoms with van der Waals surface area (Å²) < 4.78 is 6.29. The number of carbonyl (C=O) groups excluding carboxylic acids is 1. The van der Waals surface area contributed by atoms with Crippen LogP contribution in [0.4, 0.5) is 5.69 Å². The van der Waals surface area contributed by atoms with Crippen molar-refractivity contribution in [3.63, 3.8) is 0 Å². The van der Waals surface area contributed by atoms with E-state index in [9.17, 15) is 4.79 Å². The summed E-state index contributed by atoms with van der Waals surface area (Å²) in [6, 6.07) is 16.4. The topological polar surface area (TPSA) is 42.2 Å². The molecule has 0 radical (unpaired) electrons. The number of aryl methyl sites for hydroxylation is 2. The fourth-order valence-electron chi connectivity index (χ4n) is 4.19. The van der Waals surface area contributed by atoms with E-state index in [1.807, 2.05) is 31.2 Å². The summed E-state index contributed by atoms with van der Waals surface area (Å²) in [5, 5.41) is 2.97. The Bertz CT molecular complexity index is 1070. The average molecular weight is 355 g/mol. The summed E-state index contributed by atoms with van der Waals surface area (Å²) >= 11 is 0. The molecule has 1 aromatic heterocycles. The number of benzene rings is 2. The second kappa shape index (κ2) is 6.27. The van der Waals surface area contributed by atoms with Crippen molar-refractivity contribution in [1.29, 1.82) is 0 Å². The molecule has 3 nitrogen and oxygen atoms in total. The van der Waals surface area contributed by atoms with E-state index in [1.165, 1.54) is 12.0 Å². The van der Waals surface area contributed by atoms with Gasteiger partial charge in [0.1, 0.15) is 11.5 Å². The van der Waals surface area contributed by atoms with Crippen molar-refractivity contribution in [1.82, 2.24) is 0 Å². The number of amides is 1. The second-order valence-corrected chi connectivity index (χ2v) is 7.38. The molecule has 0 atom stereocenters. The number of anilines is 1. The highest BCUT2D eigenvalue weighted by Gasteiger charge is 2.27. The van der Waals surface area contributed by atoms with Crippen LogP contribution in [-0.2, 0) is 17.6 Å². The lowest BCUT2D eigenvalue weighted by molar-refractivity contribution is -0.110. The van der Waals surface area contributed by atoms with Gasteiger partial charge in [-0.25, -0.2) is 0 Å². The van der Waals surface area contributed by atoms with Crippen LogP contribution in [0.25, 0.3) is 22.8 Å². The zero-order valence-corrected chi connectivity index (χ0v) is 15.3. The van der Waals surface area contributed by atoms with Gasteiger partial charge < -0.3 is 9.73 Å². The molecule has 5 rings (SSSR count). The fraction of sp³-hybridized carbons (Fsp3) is 0.208. The first-order valence-electron chi connectivity index (χ1n) is 9.55. The zero-order valence-electron chi connectivity index (χ0n) is 15.3. The number of hydrogen-bond acceptors (Lipinski definition) is 2. The summed E-state index contributed by atoms with van der Waals surface area (Å²) in [5.74, 6) is 1.81. The van der Waals surface area contributed by atoms with Crippen LogP contribution in [0.15, 0.2) is 52.9 Å². The van der Waals surface area contributed by atoms with E-state index in [-0.39, 0.29) is 5.91 Å². The van der Waals surface area contributed by atoms with Gasteiger partial charge in [0.2, 0.25) is 0 Å². The van der Waals surface area contributed by atoms with E-state index < -0.39 is 0 Å². The van der Waals surface area contributed by atoms with Crippen LogP contribution < -0.4 is 5.32 Å². The number of rotatable bonds is 2. The lowest BCUT2D eigenvalue weighted by Gasteiger charge is -2.11. The monoisotopic (exact) mass is 355 g/mol. The van der Waals surface area contributed by atoms with Gasteiger partial charge in [0.05, 0.1) is 5.57 Å². The molecule has 1 N–H and O–H groups in total. The molecule has 1 aliphatic heterocycles. The third kappa shape index (κ3) is 2.71. The summed E-state index contributed by atoms with van der Waals surface area (Å²) in [4.78, 5) is 12.6. The second-order valence-electron chi connectivity index (χ2n) is 7.38. The van der Waals surface area contributed by atoms with Gasteiger partial charge in [0.15, 0.2) is 0 Å². The van der Waals surface area contributed by atoms with E-state index in [2.05, 4.69) is 35.6 Å². The molecule has 0 unspecified atom stereocenters. The normalized spacial score (nSPS) is 16.9. The largest absolute Gasteiger partial charge is 0.461 e. The number of nitrogens with one attached hydrogen (secondary N) is 1. The molecule has 1 amide bonds. The van der Waals surface area contributed by atoms with Gasteiger partial charge in [-0.05, 0) is 50.0 Å². The minimum atomic E-state index is -0.0658. The third-order valence-corrected chi connectivity index (χ3v) is 5.49. The number of furan rings is 1. The molecule has 0 saturated carbocycles. The molecule has 3 aromatic rings. The first-order chi connectivity index (χ1) is 13.2. The summed E-state index contributed by atoms with van der Waals surface area (Å²) in [7, 11) is 0. The molecule has 2 heterocycles. The van der Waals surface area contributed by atoms with Gasteiger partial charge in [0, 0.05) is 28.8 Å². The lowest BCUT2D eigenvalue weighted by Crippen LogP contribution is -2.03. The van der Waals surface area contributed by atoms with Crippen LogP contribution in [0.2, 0.25) is 0 Å². The highest BCUT2D eigenvalue weighted by Crippen LogP contribution is 2.40. The highest BCUT2D eigenvalue weighted by molar-refractivity contribution is 6.35. The maximum Gasteiger partial charge on any atom is 0.256 e. The van der Waals surface area contributed by atoms with Crippen LogP contribution in [0.1, 0.15) is 41.1 Å². The molecule has 27 heavy (non-hydrogen) atoms. The Hall–Kier alpha value is -3.07. The standard InChI is InChI=1S/C24H21NO2/c1-15-11-12-20-18(13-15)19(24(26)25-20)14-22-23(16-7-3-2-4-8-16)17-9-5-6-10-21(17)27-22/h2-4,7-8,11-14H,5-6,9-10H2,1H3,(H,25,26). The van der Waals surface area contributed by atoms with Crippen molar-refractivity contribution >= 4 is 23.2 Å². The molecule has 1 aliphatic carbocycles. The first kappa shape index (κ1) is 16.1. The van der Waals surface area contributed by atoms with Gasteiger partial charge in [-0.3, -0.25) is 4.79 Å². The van der Waals surface area contributed by atoms with Crippen molar-refractivity contribution in [2.75, 3.05) is 5.32 Å². The Balaban J connectivity index is 1.71. The van der Waals surface area contributed by atoms with Crippen molar-refractivity contribution < 1.29 is 9.21 Å². The van der Waals surface area contributed by atoms with Crippen LogP contribution in [-0.4, -0.2) is 5.91 Å². The van der Waals surface area contributed by atoms with E-state index in [0.29, 0.717) is 5.57 Å². The SMILES string of the molecule is Cc1ccc2c(c1)C(=Cc1oc3c(c1-c1ccccc1)CCCC3)C(=O)N2. The van der Waals surface area contributed by atoms with Crippen molar-refractivity contribution in [3.05, 3.63) is 76.7 Å². The molecule has 134 valence electrons. The molecule has 0 bridgehead atoms. The van der Waals surface area contributed by atoms with Crippen molar-refractivity contribution in [3.8, 4) is 11.1 Å². The van der Waals surface area contributed by atoms with E-state index in [1.54, 1.807) is 0 Å². The number of hydrogen-bond donors (Lipinski definition) is 1. The van der Waals surface area contributed by atoms with Gasteiger partial charge in [-0.2, -0.15) is 0 Å². The predicted octanol–water partition coefficient (Wildman–Crippen LogP) is 5.63. The number of fused-ring (bicyclic) bond motifs is 2. The Kier molecular flexibility index (Phi) is 3.75. The van der Waals surface area contributed by atoms with Crippen LogP contribution in [0.3, 0.4) is 0 Å². The molecule has 2 aromatic carbocycles. The molecule has 2 aliphatic rings. The Morgan fingerprint density at radius 2 is 1.85 bits per heavy atom. The Labute approximate surface area is 158 Å². The van der Waals surface area contributed by atoms with Gasteiger partial charge in [-0.1, -0.05) is 42.0 Å². The lowest BCUT2D eigenvalue weighted by atomic mass is 9.91. The van der Waals surface area contributed by atoms with Crippen LogP contribution >= 0.6 is 0 Å². The van der Waals surface area contributed by atoms with Gasteiger partial charge in [-0.15, -0.1) is 0 Å². The summed E-state index contributed by atoms with van der Waals surface area (Å²) in [6.45, 7) is 2.04. The Morgan fingerprint density at radius 3 is 2.70 bits per heavy atom. The Morgan fingerprint density at radius 1 is 1.04 bits per heavy atom. The smallest absolute Gasteiger partial charge is 0.256 e. The van der Waals surface area contributed by atoms with E-state index in [4.69, 9.17) is 4.42 Å². The summed E-state index contributed by atoms with van der Waals surface area (Å²) in [6.07, 6.45) is 6.29. The summed E-state index contributed by atoms with van der Waals surface area (Å²) in [5.41, 5.74) is 7.24. The minimum Gasteiger partial charge on any atom is -0.461 e. The van der Waals surface area contributed by atoms with E-state index >= 15 is 0 Å². The van der Waals surface area contributed by atoms with Crippen molar-refractivity contribution in [2.24, 2.45) is 0 Å². The maximum absolute atomic E-state index is 12.6. The van der Waals surface area contributed by atoms with Gasteiger partial charge in [0.25, 0.3) is 5.91 Å². The maximum atomic E-state index is 12.6. The fourth-order valence-corrected chi connectivity index (χ4v) is 4.19. The predicted molar refractivity (Wildman–Crippen MR) is 108 cm³/mol. The van der Waals surface area contributed by atoms with E-state index in [0.717, 1.165) is 58.7 Å². The quantitative estimate of drug-likeness (QED) is 0.606. The van der Waals surface area contributed by atoms with Gasteiger partial charge >= 0.3 is 0 Å². The molecule has 0 fully saturated rings. The molecular formula is C24H21NO2. The zero-order chi connectivity index (χ0) is 18.4. The van der Waals surface area contributed by atoms with Crippen LogP contribution in [0, 0.1) is 6.92 Å². The molecule has 3 heteroatoms. The molecule has 0 saturated heterocycles. The molecular weight excluding hydrogens is 334 g/mol. The third-order valence-electron chi connectivity index (χ3n) is 5.49. The molecule has 0 spiro atoms. The number of carbonyl (C=O) groups is 1. The first-order valence-corrected chi connectivity index (χ1v) is 9.55. The average Bonchev–Trinajstić information content (AvgIpc) is 3.20. The van der Waals surface area contributed by atoms with Crippen molar-refractivity contribution in [2.45, 2.75) is 32.6 Å². The minimum absolute atomic E-state index is 0.0658.